The average molecular weight is 417 g/mol. The Bertz CT molecular complexity index is 892. The van der Waals surface area contributed by atoms with Gasteiger partial charge in [-0.25, -0.2) is 4.98 Å². The lowest BCUT2D eigenvalue weighted by Gasteiger charge is -2.32. The molecule has 2 aromatic rings. The maximum atomic E-state index is 12.8. The predicted molar refractivity (Wildman–Crippen MR) is 108 cm³/mol. The molecule has 0 spiro atoms. The van der Waals surface area contributed by atoms with Gasteiger partial charge in [0, 0.05) is 31.9 Å². The molecule has 2 N–H and O–H groups in total. The zero-order valence-electron chi connectivity index (χ0n) is 16.3. The van der Waals surface area contributed by atoms with Gasteiger partial charge in [-0.3, -0.25) is 19.7 Å². The van der Waals surface area contributed by atoms with Crippen molar-refractivity contribution in [3.8, 4) is 0 Å². The minimum Gasteiger partial charge on any atom is -0.360 e. The Morgan fingerprint density at radius 3 is 2.69 bits per heavy atom. The van der Waals surface area contributed by atoms with Gasteiger partial charge in [-0.1, -0.05) is 5.16 Å². The number of likely N-dealkylation sites (tertiary alicyclic amines) is 1. The third-order valence-corrected chi connectivity index (χ3v) is 5.44. The summed E-state index contributed by atoms with van der Waals surface area (Å²) < 4.78 is 4.84. The molecule has 29 heavy (non-hydrogen) atoms. The molecule has 0 saturated carbocycles. The number of carbonyl (C=O) groups excluding carboxylic acids is 3. The Labute approximate surface area is 172 Å². The highest BCUT2D eigenvalue weighted by molar-refractivity contribution is 7.98. The molecule has 9 nitrogen and oxygen atoms in total. The van der Waals surface area contributed by atoms with Crippen LogP contribution in [0.1, 0.15) is 29.0 Å². The number of anilines is 1. The van der Waals surface area contributed by atoms with Crippen LogP contribution in [0.25, 0.3) is 0 Å². The summed E-state index contributed by atoms with van der Waals surface area (Å²) in [6.07, 6.45) is 5.08. The number of aryl methyl sites for hydroxylation is 1. The number of aromatic nitrogens is 2. The second-order valence-corrected chi connectivity index (χ2v) is 7.58. The fourth-order valence-corrected chi connectivity index (χ4v) is 3.68. The van der Waals surface area contributed by atoms with Crippen LogP contribution in [0.5, 0.6) is 0 Å². The Hall–Kier alpha value is -2.88. The first-order valence-electron chi connectivity index (χ1n) is 9.28. The topological polar surface area (TPSA) is 117 Å². The average Bonchev–Trinajstić information content (AvgIpc) is 3.16. The molecule has 1 saturated heterocycles. The molecule has 3 amide bonds. The predicted octanol–water partition coefficient (Wildman–Crippen LogP) is 1.71. The molecule has 3 heterocycles. The van der Waals surface area contributed by atoms with Crippen LogP contribution in [0.4, 0.5) is 5.82 Å². The SMILES string of the molecule is CSc1ncccc1C(=O)N1CCC(CNC(=O)C(=O)Nc2cc(C)on2)CC1. The minimum atomic E-state index is -0.785. The molecule has 1 aliphatic rings. The van der Waals surface area contributed by atoms with E-state index in [1.54, 1.807) is 25.3 Å². The van der Waals surface area contributed by atoms with Gasteiger partial charge >= 0.3 is 11.8 Å². The summed E-state index contributed by atoms with van der Waals surface area (Å²) >= 11 is 1.45. The Kier molecular flexibility index (Phi) is 6.86. The van der Waals surface area contributed by atoms with Crippen molar-refractivity contribution in [3.63, 3.8) is 0 Å². The lowest BCUT2D eigenvalue weighted by molar-refractivity contribution is -0.136. The minimum absolute atomic E-state index is 0.0211. The maximum Gasteiger partial charge on any atom is 0.314 e. The van der Waals surface area contributed by atoms with Gasteiger partial charge in [0.15, 0.2) is 5.82 Å². The summed E-state index contributed by atoms with van der Waals surface area (Å²) in [6.45, 7) is 3.28. The standard InChI is InChI=1S/C19H23N5O4S/c1-12-10-15(23-28-12)22-17(26)16(25)21-11-13-5-8-24(9-6-13)19(27)14-4-3-7-20-18(14)29-2/h3-4,7,10,13H,5-6,8-9,11H2,1-2H3,(H,21,25)(H,22,23,26). The molecule has 1 aliphatic heterocycles. The van der Waals surface area contributed by atoms with E-state index < -0.39 is 11.8 Å². The van der Waals surface area contributed by atoms with Crippen LogP contribution in [0.3, 0.4) is 0 Å². The van der Waals surface area contributed by atoms with Gasteiger partial charge in [0.05, 0.1) is 5.56 Å². The van der Waals surface area contributed by atoms with E-state index in [0.29, 0.717) is 31.0 Å². The summed E-state index contributed by atoms with van der Waals surface area (Å²) in [5.41, 5.74) is 0.617. The Morgan fingerprint density at radius 1 is 1.28 bits per heavy atom. The molecular weight excluding hydrogens is 394 g/mol. The first-order chi connectivity index (χ1) is 14.0. The molecule has 0 radical (unpaired) electrons. The number of thioether (sulfide) groups is 1. The van der Waals surface area contributed by atoms with Crippen LogP contribution < -0.4 is 10.6 Å². The number of hydrogen-bond donors (Lipinski definition) is 2. The maximum absolute atomic E-state index is 12.8. The zero-order valence-corrected chi connectivity index (χ0v) is 17.1. The summed E-state index contributed by atoms with van der Waals surface area (Å²) in [6, 6.07) is 5.09. The van der Waals surface area contributed by atoms with E-state index in [1.807, 2.05) is 11.2 Å². The third-order valence-electron chi connectivity index (χ3n) is 4.72. The quantitative estimate of drug-likeness (QED) is 0.562. The first-order valence-corrected chi connectivity index (χ1v) is 10.5. The molecule has 2 aromatic heterocycles. The van der Waals surface area contributed by atoms with Gasteiger partial charge in [-0.2, -0.15) is 0 Å². The van der Waals surface area contributed by atoms with Gasteiger partial charge < -0.3 is 14.7 Å². The summed E-state index contributed by atoms with van der Waals surface area (Å²) in [5.74, 6) is -0.574. The molecule has 0 aliphatic carbocycles. The van der Waals surface area contributed by atoms with Crippen LogP contribution in [-0.2, 0) is 9.59 Å². The van der Waals surface area contributed by atoms with Crippen LogP contribution >= 0.6 is 11.8 Å². The largest absolute Gasteiger partial charge is 0.360 e. The van der Waals surface area contributed by atoms with Crippen LogP contribution in [0.2, 0.25) is 0 Å². The highest BCUT2D eigenvalue weighted by atomic mass is 32.2. The molecule has 10 heteroatoms. The van der Waals surface area contributed by atoms with Crippen molar-refractivity contribution in [1.29, 1.82) is 0 Å². The molecule has 3 rings (SSSR count). The van der Waals surface area contributed by atoms with Crippen molar-refractivity contribution in [2.75, 3.05) is 31.2 Å². The van der Waals surface area contributed by atoms with Crippen LogP contribution in [0.15, 0.2) is 33.9 Å². The molecule has 154 valence electrons. The number of pyridine rings is 1. The van der Waals surface area contributed by atoms with Gasteiger partial charge in [0.2, 0.25) is 0 Å². The van der Waals surface area contributed by atoms with E-state index in [4.69, 9.17) is 4.52 Å². The van der Waals surface area contributed by atoms with Gasteiger partial charge in [-0.05, 0) is 44.1 Å². The fourth-order valence-electron chi connectivity index (χ4n) is 3.14. The zero-order chi connectivity index (χ0) is 20.8. The van der Waals surface area contributed by atoms with E-state index in [1.165, 1.54) is 17.8 Å². The number of hydrogen-bond acceptors (Lipinski definition) is 7. The van der Waals surface area contributed by atoms with Crippen molar-refractivity contribution >= 4 is 35.3 Å². The molecule has 0 atom stereocenters. The van der Waals surface area contributed by atoms with Crippen LogP contribution in [-0.4, -0.2) is 58.7 Å². The van der Waals surface area contributed by atoms with Crippen molar-refractivity contribution < 1.29 is 18.9 Å². The van der Waals surface area contributed by atoms with Crippen LogP contribution in [0, 0.1) is 12.8 Å². The van der Waals surface area contributed by atoms with E-state index >= 15 is 0 Å². The smallest absolute Gasteiger partial charge is 0.314 e. The van der Waals surface area contributed by atoms with Gasteiger partial charge in [-0.15, -0.1) is 11.8 Å². The summed E-state index contributed by atoms with van der Waals surface area (Å²) in [4.78, 5) is 42.7. The molecule has 0 bridgehead atoms. The molecule has 0 unspecified atom stereocenters. The molecule has 0 aromatic carbocycles. The number of piperidine rings is 1. The van der Waals surface area contributed by atoms with Gasteiger partial charge in [0.25, 0.3) is 5.91 Å². The normalized spacial score (nSPS) is 14.5. The number of nitrogens with zero attached hydrogens (tertiary/aromatic N) is 3. The summed E-state index contributed by atoms with van der Waals surface area (Å²) in [7, 11) is 0. The lowest BCUT2D eigenvalue weighted by Crippen LogP contribution is -2.43. The first kappa shape index (κ1) is 20.8. The summed E-state index contributed by atoms with van der Waals surface area (Å²) in [5, 5.41) is 9.37. The van der Waals surface area contributed by atoms with Gasteiger partial charge in [0.1, 0.15) is 10.8 Å². The van der Waals surface area contributed by atoms with Crippen molar-refractivity contribution in [2.24, 2.45) is 5.92 Å². The van der Waals surface area contributed by atoms with E-state index in [-0.39, 0.29) is 17.6 Å². The van der Waals surface area contributed by atoms with E-state index in [9.17, 15) is 14.4 Å². The number of amides is 3. The molecular formula is C19H23N5O4S. The van der Waals surface area contributed by atoms with E-state index in [0.717, 1.165) is 17.9 Å². The highest BCUT2D eigenvalue weighted by Crippen LogP contribution is 2.22. The Balaban J connectivity index is 1.44. The fraction of sp³-hybridized carbons (Fsp3) is 0.421. The van der Waals surface area contributed by atoms with Crippen molar-refractivity contribution in [1.82, 2.24) is 20.4 Å². The Morgan fingerprint density at radius 2 is 2.03 bits per heavy atom. The van der Waals surface area contributed by atoms with E-state index in [2.05, 4.69) is 20.8 Å². The lowest BCUT2D eigenvalue weighted by atomic mass is 9.96. The molecule has 1 fully saturated rings. The number of nitrogens with one attached hydrogen (secondary N) is 2. The second kappa shape index (κ2) is 9.55. The second-order valence-electron chi connectivity index (χ2n) is 6.78. The number of rotatable bonds is 5. The van der Waals surface area contributed by atoms with Crippen molar-refractivity contribution in [2.45, 2.75) is 24.8 Å². The third kappa shape index (κ3) is 5.35. The van der Waals surface area contributed by atoms with Crippen molar-refractivity contribution in [3.05, 3.63) is 35.7 Å². The monoisotopic (exact) mass is 417 g/mol. The highest BCUT2D eigenvalue weighted by Gasteiger charge is 2.26. The number of carbonyl (C=O) groups is 3.